The van der Waals surface area contributed by atoms with Gasteiger partial charge in [-0.25, -0.2) is 4.39 Å². The summed E-state index contributed by atoms with van der Waals surface area (Å²) in [5, 5.41) is 11.6. The Kier molecular flexibility index (Phi) is 4.00. The van der Waals surface area contributed by atoms with Gasteiger partial charge < -0.3 is 16.2 Å². The molecule has 0 spiro atoms. The molecule has 0 heterocycles. The van der Waals surface area contributed by atoms with Gasteiger partial charge in [0.1, 0.15) is 5.82 Å². The number of aliphatic hydroxyl groups is 1. The summed E-state index contributed by atoms with van der Waals surface area (Å²) in [6, 6.07) is 9.31. The van der Waals surface area contributed by atoms with Gasteiger partial charge in [-0.3, -0.25) is 4.79 Å². The number of benzene rings is 2. The fourth-order valence-electron chi connectivity index (χ4n) is 1.73. The molecule has 4 N–H and O–H groups in total. The normalized spacial score (nSPS) is 10.3. The van der Waals surface area contributed by atoms with Crippen LogP contribution in [0, 0.1) is 12.7 Å². The van der Waals surface area contributed by atoms with Crippen LogP contribution in [0.1, 0.15) is 21.5 Å². The van der Waals surface area contributed by atoms with Crippen molar-refractivity contribution < 1.29 is 14.3 Å². The predicted octanol–water partition coefficient (Wildman–Crippen LogP) is 2.46. The molecular formula is C15H15FN2O2. The second kappa shape index (κ2) is 5.71. The standard InChI is InChI=1S/C15H15FN2O2/c1-9-13(16)6-11(7-14(9)17)15(20)18-12-4-2-10(8-19)3-5-12/h2-7,19H,8,17H2,1H3,(H,18,20). The van der Waals surface area contributed by atoms with Crippen molar-refractivity contribution in [2.24, 2.45) is 0 Å². The number of aliphatic hydroxyl groups excluding tert-OH is 1. The number of rotatable bonds is 3. The van der Waals surface area contributed by atoms with Crippen LogP contribution in [0.4, 0.5) is 15.8 Å². The summed E-state index contributed by atoms with van der Waals surface area (Å²) in [5.74, 6) is -0.946. The number of hydrogen-bond acceptors (Lipinski definition) is 3. The van der Waals surface area contributed by atoms with Crippen molar-refractivity contribution in [1.29, 1.82) is 0 Å². The molecule has 5 heteroatoms. The average Bonchev–Trinajstić information content (AvgIpc) is 2.45. The Balaban J connectivity index is 2.19. The number of nitrogen functional groups attached to an aromatic ring is 1. The second-order valence-electron chi connectivity index (χ2n) is 4.48. The van der Waals surface area contributed by atoms with Crippen LogP contribution in [0.15, 0.2) is 36.4 Å². The molecule has 0 saturated heterocycles. The van der Waals surface area contributed by atoms with Crippen molar-refractivity contribution in [3.8, 4) is 0 Å². The molecule has 1 amide bonds. The first-order chi connectivity index (χ1) is 9.51. The molecule has 0 radical (unpaired) electrons. The SMILES string of the molecule is Cc1c(N)cc(C(=O)Nc2ccc(CO)cc2)cc1F. The van der Waals surface area contributed by atoms with E-state index >= 15 is 0 Å². The Morgan fingerprint density at radius 1 is 1.30 bits per heavy atom. The summed E-state index contributed by atoms with van der Waals surface area (Å²) in [6.07, 6.45) is 0. The van der Waals surface area contributed by atoms with Crippen LogP contribution in [-0.4, -0.2) is 11.0 Å². The van der Waals surface area contributed by atoms with Crippen LogP contribution < -0.4 is 11.1 Å². The number of carbonyl (C=O) groups is 1. The fourth-order valence-corrected chi connectivity index (χ4v) is 1.73. The molecule has 0 bridgehead atoms. The summed E-state index contributed by atoms with van der Waals surface area (Å²) in [4.78, 5) is 12.0. The Labute approximate surface area is 116 Å². The zero-order valence-electron chi connectivity index (χ0n) is 11.0. The molecule has 0 atom stereocenters. The fraction of sp³-hybridized carbons (Fsp3) is 0.133. The maximum absolute atomic E-state index is 13.6. The number of amides is 1. The van der Waals surface area contributed by atoms with E-state index in [1.807, 2.05) is 0 Å². The van der Waals surface area contributed by atoms with Gasteiger partial charge in [-0.1, -0.05) is 12.1 Å². The van der Waals surface area contributed by atoms with Crippen LogP contribution in [0.5, 0.6) is 0 Å². The number of hydrogen-bond donors (Lipinski definition) is 3. The third-order valence-electron chi connectivity index (χ3n) is 3.04. The Bertz CT molecular complexity index is 616. The van der Waals surface area contributed by atoms with E-state index in [-0.39, 0.29) is 17.9 Å². The quantitative estimate of drug-likeness (QED) is 0.752. The van der Waals surface area contributed by atoms with E-state index in [1.165, 1.54) is 6.07 Å². The van der Waals surface area contributed by atoms with Gasteiger partial charge in [0.2, 0.25) is 0 Å². The van der Waals surface area contributed by atoms with Crippen molar-refractivity contribution in [3.05, 3.63) is 58.9 Å². The molecule has 104 valence electrons. The molecule has 0 saturated carbocycles. The van der Waals surface area contributed by atoms with E-state index < -0.39 is 11.7 Å². The van der Waals surface area contributed by atoms with Gasteiger partial charge in [0, 0.05) is 22.5 Å². The number of anilines is 2. The first-order valence-corrected chi connectivity index (χ1v) is 6.08. The summed E-state index contributed by atoms with van der Waals surface area (Å²) in [5.41, 5.74) is 7.68. The molecule has 0 aliphatic carbocycles. The first-order valence-electron chi connectivity index (χ1n) is 6.08. The van der Waals surface area contributed by atoms with Crippen molar-refractivity contribution in [3.63, 3.8) is 0 Å². The highest BCUT2D eigenvalue weighted by molar-refractivity contribution is 6.04. The van der Waals surface area contributed by atoms with Gasteiger partial charge in [-0.2, -0.15) is 0 Å². The summed E-state index contributed by atoms with van der Waals surface area (Å²) in [6.45, 7) is 1.49. The average molecular weight is 274 g/mol. The van der Waals surface area contributed by atoms with Gasteiger partial charge >= 0.3 is 0 Å². The molecule has 4 nitrogen and oxygen atoms in total. The minimum atomic E-state index is -0.509. The topological polar surface area (TPSA) is 75.4 Å². The Hall–Kier alpha value is -2.40. The summed E-state index contributed by atoms with van der Waals surface area (Å²) >= 11 is 0. The molecule has 0 unspecified atom stereocenters. The highest BCUT2D eigenvalue weighted by Crippen LogP contribution is 2.19. The predicted molar refractivity (Wildman–Crippen MR) is 75.9 cm³/mol. The lowest BCUT2D eigenvalue weighted by molar-refractivity contribution is 0.102. The van der Waals surface area contributed by atoms with Crippen LogP contribution in [0.25, 0.3) is 0 Å². The number of nitrogens with one attached hydrogen (secondary N) is 1. The minimum absolute atomic E-state index is 0.0616. The molecule has 0 aliphatic heterocycles. The van der Waals surface area contributed by atoms with E-state index in [0.717, 1.165) is 11.6 Å². The maximum Gasteiger partial charge on any atom is 0.255 e. The lowest BCUT2D eigenvalue weighted by Gasteiger charge is -2.08. The van der Waals surface area contributed by atoms with E-state index in [2.05, 4.69) is 5.32 Å². The molecular weight excluding hydrogens is 259 g/mol. The number of carbonyl (C=O) groups excluding carboxylic acids is 1. The smallest absolute Gasteiger partial charge is 0.255 e. The first kappa shape index (κ1) is 14.0. The highest BCUT2D eigenvalue weighted by Gasteiger charge is 2.11. The molecule has 2 aromatic rings. The largest absolute Gasteiger partial charge is 0.398 e. The van der Waals surface area contributed by atoms with Crippen LogP contribution in [-0.2, 0) is 6.61 Å². The van der Waals surface area contributed by atoms with Crippen molar-refractivity contribution in [1.82, 2.24) is 0 Å². The van der Waals surface area contributed by atoms with Gasteiger partial charge in [0.15, 0.2) is 0 Å². The van der Waals surface area contributed by atoms with Crippen LogP contribution >= 0.6 is 0 Å². The minimum Gasteiger partial charge on any atom is -0.398 e. The van der Waals surface area contributed by atoms with Crippen LogP contribution in [0.3, 0.4) is 0 Å². The monoisotopic (exact) mass is 274 g/mol. The van der Waals surface area contributed by atoms with Crippen LogP contribution in [0.2, 0.25) is 0 Å². The summed E-state index contributed by atoms with van der Waals surface area (Å²) in [7, 11) is 0. The van der Waals surface area contributed by atoms with E-state index in [9.17, 15) is 9.18 Å². The number of nitrogens with two attached hydrogens (primary N) is 1. The zero-order chi connectivity index (χ0) is 14.7. The molecule has 20 heavy (non-hydrogen) atoms. The van der Waals surface area contributed by atoms with Gasteiger partial charge in [0.05, 0.1) is 6.61 Å². The lowest BCUT2D eigenvalue weighted by Crippen LogP contribution is -2.13. The Morgan fingerprint density at radius 2 is 1.95 bits per heavy atom. The van der Waals surface area contributed by atoms with Gasteiger partial charge in [-0.15, -0.1) is 0 Å². The summed E-state index contributed by atoms with van der Waals surface area (Å²) < 4.78 is 13.6. The van der Waals surface area contributed by atoms with E-state index in [0.29, 0.717) is 11.3 Å². The van der Waals surface area contributed by atoms with Gasteiger partial charge in [0.25, 0.3) is 5.91 Å². The number of halogens is 1. The molecule has 0 aliphatic rings. The van der Waals surface area contributed by atoms with Crippen molar-refractivity contribution >= 4 is 17.3 Å². The third kappa shape index (κ3) is 2.95. The van der Waals surface area contributed by atoms with Gasteiger partial charge in [-0.05, 0) is 36.8 Å². The Morgan fingerprint density at radius 3 is 2.50 bits per heavy atom. The molecule has 2 aromatic carbocycles. The van der Waals surface area contributed by atoms with E-state index in [1.54, 1.807) is 31.2 Å². The highest BCUT2D eigenvalue weighted by atomic mass is 19.1. The molecule has 0 aromatic heterocycles. The van der Waals surface area contributed by atoms with Crippen molar-refractivity contribution in [2.45, 2.75) is 13.5 Å². The third-order valence-corrected chi connectivity index (χ3v) is 3.04. The zero-order valence-corrected chi connectivity index (χ0v) is 11.0. The van der Waals surface area contributed by atoms with E-state index in [4.69, 9.17) is 10.8 Å². The van der Waals surface area contributed by atoms with Crippen molar-refractivity contribution in [2.75, 3.05) is 11.1 Å². The molecule has 2 rings (SSSR count). The lowest BCUT2D eigenvalue weighted by atomic mass is 10.1. The molecule has 0 fully saturated rings. The second-order valence-corrected chi connectivity index (χ2v) is 4.48. The maximum atomic E-state index is 13.6.